The summed E-state index contributed by atoms with van der Waals surface area (Å²) >= 11 is 0. The lowest BCUT2D eigenvalue weighted by Gasteiger charge is -2.22. The van der Waals surface area contributed by atoms with Crippen LogP contribution in [0.3, 0.4) is 0 Å². The summed E-state index contributed by atoms with van der Waals surface area (Å²) in [5.74, 6) is 0. The fourth-order valence-corrected chi connectivity index (χ4v) is 5.09. The zero-order valence-corrected chi connectivity index (χ0v) is 20.5. The Morgan fingerprint density at radius 2 is 1.49 bits per heavy atom. The number of hydrogen-bond acceptors (Lipinski definition) is 5. The van der Waals surface area contributed by atoms with Crippen LogP contribution in [0.5, 0.6) is 0 Å². The molecule has 0 unspecified atom stereocenters. The first-order valence-electron chi connectivity index (χ1n) is 12.6. The van der Waals surface area contributed by atoms with Gasteiger partial charge in [-0.25, -0.2) is 0 Å². The summed E-state index contributed by atoms with van der Waals surface area (Å²) in [6, 6.07) is 24.3. The smallest absolute Gasteiger partial charge is 0.197 e. The summed E-state index contributed by atoms with van der Waals surface area (Å²) in [7, 11) is 0. The van der Waals surface area contributed by atoms with Gasteiger partial charge in [0.15, 0.2) is 5.43 Å². The van der Waals surface area contributed by atoms with E-state index in [1.165, 1.54) is 10.9 Å². The van der Waals surface area contributed by atoms with E-state index in [1.54, 1.807) is 6.26 Å². The van der Waals surface area contributed by atoms with E-state index in [0.29, 0.717) is 23.1 Å². The van der Waals surface area contributed by atoms with Gasteiger partial charge in [-0.1, -0.05) is 54.6 Å². The predicted octanol–water partition coefficient (Wildman–Crippen LogP) is 6.52. The van der Waals surface area contributed by atoms with Crippen LogP contribution in [0.1, 0.15) is 23.1 Å². The molecule has 0 N–H and O–H groups in total. The molecule has 0 saturated heterocycles. The van der Waals surface area contributed by atoms with Gasteiger partial charge in [-0.3, -0.25) is 19.7 Å². The number of hydrogen-bond donors (Lipinski definition) is 0. The average molecular weight is 486 g/mol. The normalized spacial score (nSPS) is 11.6. The molecule has 6 rings (SSSR count). The molecule has 0 radical (unpaired) electrons. The molecule has 5 heteroatoms. The molecule has 0 saturated carbocycles. The van der Waals surface area contributed by atoms with Crippen molar-refractivity contribution in [1.29, 1.82) is 0 Å². The summed E-state index contributed by atoms with van der Waals surface area (Å²) in [4.78, 5) is 24.4. The van der Waals surface area contributed by atoms with E-state index >= 15 is 0 Å². The predicted molar refractivity (Wildman–Crippen MR) is 148 cm³/mol. The third-order valence-corrected chi connectivity index (χ3v) is 6.96. The molecular formula is C32H27N3O2. The van der Waals surface area contributed by atoms with Crippen molar-refractivity contribution < 1.29 is 4.42 Å². The van der Waals surface area contributed by atoms with Crippen molar-refractivity contribution in [1.82, 2.24) is 14.9 Å². The maximum absolute atomic E-state index is 13.5. The van der Waals surface area contributed by atoms with Crippen LogP contribution in [-0.2, 0) is 19.5 Å². The minimum Gasteiger partial charge on any atom is -0.463 e. The van der Waals surface area contributed by atoms with Crippen molar-refractivity contribution in [2.75, 3.05) is 6.54 Å². The second-order valence-corrected chi connectivity index (χ2v) is 9.44. The van der Waals surface area contributed by atoms with E-state index in [0.717, 1.165) is 47.7 Å². The maximum Gasteiger partial charge on any atom is 0.197 e. The third kappa shape index (κ3) is 4.86. The van der Waals surface area contributed by atoms with Crippen molar-refractivity contribution >= 4 is 32.5 Å². The van der Waals surface area contributed by atoms with Gasteiger partial charge >= 0.3 is 0 Å². The lowest BCUT2D eigenvalue weighted by atomic mass is 10.0. The highest BCUT2D eigenvalue weighted by molar-refractivity contribution is 6.03. The van der Waals surface area contributed by atoms with E-state index in [2.05, 4.69) is 33.1 Å². The van der Waals surface area contributed by atoms with Crippen LogP contribution in [0.15, 0.2) is 113 Å². The van der Waals surface area contributed by atoms with E-state index in [1.807, 2.05) is 79.4 Å². The molecule has 5 nitrogen and oxygen atoms in total. The number of aryl methyl sites for hydroxylation is 1. The summed E-state index contributed by atoms with van der Waals surface area (Å²) in [6.45, 7) is 2.08. The molecule has 0 amide bonds. The molecule has 0 aliphatic carbocycles. The standard InChI is InChI=1S/C32H27N3O2/c36-31-27(22-37-32-29-10-4-1-6-24(29)11-12-30(31)32)21-35(20-23-13-15-33-16-14-23)17-5-8-26-19-34-18-25-7-2-3-9-28(25)26/h1-4,6-7,9-16,18-19,22H,5,8,17,20-21H2. The Morgan fingerprint density at radius 1 is 0.703 bits per heavy atom. The molecule has 0 bridgehead atoms. The Labute approximate surface area is 215 Å². The van der Waals surface area contributed by atoms with Gasteiger partial charge in [-0.05, 0) is 59.5 Å². The number of nitrogens with zero attached hydrogens (tertiary/aromatic N) is 3. The van der Waals surface area contributed by atoms with Crippen molar-refractivity contribution in [3.05, 3.63) is 131 Å². The van der Waals surface area contributed by atoms with Crippen LogP contribution >= 0.6 is 0 Å². The van der Waals surface area contributed by atoms with Gasteiger partial charge in [-0.15, -0.1) is 0 Å². The number of aromatic nitrogens is 2. The SMILES string of the molecule is O=c1c(CN(CCCc2cncc3ccccc23)Cc2ccncc2)coc2c1ccc1ccccc12. The topological polar surface area (TPSA) is 59.2 Å². The Morgan fingerprint density at radius 3 is 2.35 bits per heavy atom. The molecule has 3 heterocycles. The molecule has 0 aliphatic rings. The number of rotatable bonds is 8. The first kappa shape index (κ1) is 23.1. The van der Waals surface area contributed by atoms with Crippen LogP contribution in [-0.4, -0.2) is 21.4 Å². The molecule has 3 aromatic heterocycles. The second kappa shape index (κ2) is 10.3. The number of benzene rings is 3. The largest absolute Gasteiger partial charge is 0.463 e. The molecule has 182 valence electrons. The van der Waals surface area contributed by atoms with Crippen molar-refractivity contribution in [3.63, 3.8) is 0 Å². The first-order valence-corrected chi connectivity index (χ1v) is 12.6. The Bertz CT molecular complexity index is 1740. The molecule has 0 fully saturated rings. The minimum absolute atomic E-state index is 0.0324. The fourth-order valence-electron chi connectivity index (χ4n) is 5.09. The highest BCUT2D eigenvalue weighted by atomic mass is 16.3. The van der Waals surface area contributed by atoms with Gasteiger partial charge in [0, 0.05) is 54.2 Å². The molecule has 0 spiro atoms. The number of fused-ring (bicyclic) bond motifs is 4. The summed E-state index contributed by atoms with van der Waals surface area (Å²) < 4.78 is 6.07. The van der Waals surface area contributed by atoms with Gasteiger partial charge < -0.3 is 4.42 Å². The third-order valence-electron chi connectivity index (χ3n) is 6.96. The van der Waals surface area contributed by atoms with Crippen LogP contribution in [0.25, 0.3) is 32.5 Å². The Hall–Kier alpha value is -4.35. The summed E-state index contributed by atoms with van der Waals surface area (Å²) in [5, 5.41) is 5.06. The fraction of sp³-hybridized carbons (Fsp3) is 0.156. The van der Waals surface area contributed by atoms with Gasteiger partial charge in [0.25, 0.3) is 0 Å². The zero-order valence-electron chi connectivity index (χ0n) is 20.5. The lowest BCUT2D eigenvalue weighted by molar-refractivity contribution is 0.251. The van der Waals surface area contributed by atoms with Crippen LogP contribution in [0.2, 0.25) is 0 Å². The van der Waals surface area contributed by atoms with Crippen LogP contribution < -0.4 is 5.43 Å². The molecule has 3 aromatic carbocycles. The Kier molecular flexibility index (Phi) is 6.44. The maximum atomic E-state index is 13.5. The molecule has 6 aromatic rings. The number of pyridine rings is 2. The summed E-state index contributed by atoms with van der Waals surface area (Å²) in [5.41, 5.74) is 3.77. The van der Waals surface area contributed by atoms with E-state index < -0.39 is 0 Å². The van der Waals surface area contributed by atoms with E-state index in [4.69, 9.17) is 4.42 Å². The highest BCUT2D eigenvalue weighted by Gasteiger charge is 2.14. The average Bonchev–Trinajstić information content (AvgIpc) is 2.95. The second-order valence-electron chi connectivity index (χ2n) is 9.44. The molecule has 0 atom stereocenters. The van der Waals surface area contributed by atoms with Crippen LogP contribution in [0.4, 0.5) is 0 Å². The highest BCUT2D eigenvalue weighted by Crippen LogP contribution is 2.24. The monoisotopic (exact) mass is 485 g/mol. The summed E-state index contributed by atoms with van der Waals surface area (Å²) in [6.07, 6.45) is 11.0. The quantitative estimate of drug-likeness (QED) is 0.230. The zero-order chi connectivity index (χ0) is 25.0. The first-order chi connectivity index (χ1) is 18.3. The lowest BCUT2D eigenvalue weighted by Crippen LogP contribution is -2.27. The molecular weight excluding hydrogens is 458 g/mol. The molecule has 0 aliphatic heterocycles. The van der Waals surface area contributed by atoms with Crippen molar-refractivity contribution in [2.45, 2.75) is 25.9 Å². The Balaban J connectivity index is 1.26. The molecule has 37 heavy (non-hydrogen) atoms. The van der Waals surface area contributed by atoms with Gasteiger partial charge in [0.1, 0.15) is 5.58 Å². The van der Waals surface area contributed by atoms with Crippen molar-refractivity contribution in [3.8, 4) is 0 Å². The van der Waals surface area contributed by atoms with Gasteiger partial charge in [-0.2, -0.15) is 0 Å². The van der Waals surface area contributed by atoms with Crippen molar-refractivity contribution in [2.24, 2.45) is 0 Å². The van der Waals surface area contributed by atoms with Gasteiger partial charge in [0.05, 0.1) is 11.6 Å². The minimum atomic E-state index is 0.0324. The van der Waals surface area contributed by atoms with Crippen LogP contribution in [0, 0.1) is 0 Å². The van der Waals surface area contributed by atoms with E-state index in [9.17, 15) is 4.79 Å². The van der Waals surface area contributed by atoms with E-state index in [-0.39, 0.29) is 5.43 Å². The van der Waals surface area contributed by atoms with Gasteiger partial charge in [0.2, 0.25) is 0 Å².